The van der Waals surface area contributed by atoms with Gasteiger partial charge in [-0.15, -0.1) is 0 Å². The Kier molecular flexibility index (Phi) is 3.46. The fourth-order valence-corrected chi connectivity index (χ4v) is 2.62. The van der Waals surface area contributed by atoms with E-state index >= 15 is 0 Å². The Morgan fingerprint density at radius 3 is 3.00 bits per heavy atom. The first-order valence-corrected chi connectivity index (χ1v) is 6.95. The van der Waals surface area contributed by atoms with Crippen molar-refractivity contribution in [2.75, 3.05) is 0 Å². The van der Waals surface area contributed by atoms with Gasteiger partial charge in [0.05, 0.1) is 23.4 Å². The first-order valence-electron chi connectivity index (χ1n) is 6.57. The number of nitrogens with one attached hydrogen (secondary N) is 1. The molecule has 0 saturated heterocycles. The third-order valence-corrected chi connectivity index (χ3v) is 3.62. The molecule has 0 aliphatic heterocycles. The Bertz CT molecular complexity index is 717. The van der Waals surface area contributed by atoms with Crippen LogP contribution in [-0.4, -0.2) is 19.5 Å². The SMILES string of the molecule is CCn1c(C(N)Cc2cnc[nH]2)nc2ccc(Cl)cc21. The number of fused-ring (bicyclic) bond motifs is 1. The minimum Gasteiger partial charge on any atom is -0.348 e. The molecular formula is C14H16ClN5. The van der Waals surface area contributed by atoms with E-state index in [4.69, 9.17) is 17.3 Å². The van der Waals surface area contributed by atoms with Gasteiger partial charge in [-0.25, -0.2) is 9.97 Å². The zero-order valence-electron chi connectivity index (χ0n) is 11.2. The fraction of sp³-hybridized carbons (Fsp3) is 0.286. The van der Waals surface area contributed by atoms with Gasteiger partial charge in [-0.2, -0.15) is 0 Å². The molecule has 20 heavy (non-hydrogen) atoms. The number of hydrogen-bond acceptors (Lipinski definition) is 3. The molecule has 1 unspecified atom stereocenters. The zero-order valence-corrected chi connectivity index (χ0v) is 11.9. The van der Waals surface area contributed by atoms with E-state index in [0.29, 0.717) is 11.4 Å². The molecule has 1 atom stereocenters. The second-order valence-electron chi connectivity index (χ2n) is 4.73. The van der Waals surface area contributed by atoms with Crippen LogP contribution in [0, 0.1) is 0 Å². The Labute approximate surface area is 121 Å². The molecule has 6 heteroatoms. The Morgan fingerprint density at radius 1 is 1.45 bits per heavy atom. The van der Waals surface area contributed by atoms with Gasteiger partial charge in [0.2, 0.25) is 0 Å². The normalized spacial score (nSPS) is 12.9. The second kappa shape index (κ2) is 5.26. The molecule has 0 aliphatic carbocycles. The van der Waals surface area contributed by atoms with E-state index in [1.165, 1.54) is 0 Å². The Balaban J connectivity index is 2.01. The summed E-state index contributed by atoms with van der Waals surface area (Å²) in [7, 11) is 0. The summed E-state index contributed by atoms with van der Waals surface area (Å²) < 4.78 is 2.11. The molecule has 0 saturated carbocycles. The highest BCUT2D eigenvalue weighted by Crippen LogP contribution is 2.24. The van der Waals surface area contributed by atoms with Crippen LogP contribution in [0.25, 0.3) is 11.0 Å². The maximum absolute atomic E-state index is 6.30. The number of nitrogens with two attached hydrogens (primary N) is 1. The van der Waals surface area contributed by atoms with Gasteiger partial charge < -0.3 is 15.3 Å². The molecule has 3 aromatic rings. The van der Waals surface area contributed by atoms with Crippen molar-refractivity contribution in [1.29, 1.82) is 0 Å². The summed E-state index contributed by atoms with van der Waals surface area (Å²) in [5.41, 5.74) is 9.25. The summed E-state index contributed by atoms with van der Waals surface area (Å²) in [5, 5.41) is 0.709. The predicted molar refractivity (Wildman–Crippen MR) is 79.6 cm³/mol. The third kappa shape index (κ3) is 2.30. The van der Waals surface area contributed by atoms with Crippen molar-refractivity contribution in [3.63, 3.8) is 0 Å². The maximum atomic E-state index is 6.30. The molecular weight excluding hydrogens is 274 g/mol. The number of halogens is 1. The first-order chi connectivity index (χ1) is 9.69. The molecule has 2 aromatic heterocycles. The van der Waals surface area contributed by atoms with Gasteiger partial charge in [0, 0.05) is 29.9 Å². The van der Waals surface area contributed by atoms with Gasteiger partial charge in [-0.1, -0.05) is 11.6 Å². The van der Waals surface area contributed by atoms with Gasteiger partial charge in [0.25, 0.3) is 0 Å². The lowest BCUT2D eigenvalue weighted by molar-refractivity contribution is 0.604. The highest BCUT2D eigenvalue weighted by Gasteiger charge is 2.17. The van der Waals surface area contributed by atoms with Crippen molar-refractivity contribution < 1.29 is 0 Å². The minimum atomic E-state index is -0.179. The standard InChI is InChI=1S/C14H16ClN5/c1-2-20-13-5-9(15)3-4-12(13)19-14(20)11(16)6-10-7-17-8-18-10/h3-5,7-8,11H,2,6,16H2,1H3,(H,17,18). The summed E-state index contributed by atoms with van der Waals surface area (Å²) in [6, 6.07) is 5.53. The summed E-state index contributed by atoms with van der Waals surface area (Å²) in [4.78, 5) is 11.7. The second-order valence-corrected chi connectivity index (χ2v) is 5.17. The van der Waals surface area contributed by atoms with Gasteiger partial charge in [0.1, 0.15) is 5.82 Å². The van der Waals surface area contributed by atoms with E-state index in [1.807, 2.05) is 18.2 Å². The highest BCUT2D eigenvalue weighted by atomic mass is 35.5. The number of rotatable bonds is 4. The van der Waals surface area contributed by atoms with E-state index in [0.717, 1.165) is 29.1 Å². The topological polar surface area (TPSA) is 72.5 Å². The number of aromatic amines is 1. The fourth-order valence-electron chi connectivity index (χ4n) is 2.45. The number of aromatic nitrogens is 4. The van der Waals surface area contributed by atoms with Gasteiger partial charge in [-0.05, 0) is 25.1 Å². The third-order valence-electron chi connectivity index (χ3n) is 3.38. The summed E-state index contributed by atoms with van der Waals surface area (Å²) >= 11 is 6.07. The lowest BCUT2D eigenvalue weighted by atomic mass is 10.1. The number of hydrogen-bond donors (Lipinski definition) is 2. The van der Waals surface area contributed by atoms with Crippen LogP contribution in [0.2, 0.25) is 5.02 Å². The molecule has 104 valence electrons. The molecule has 0 fully saturated rings. The number of aryl methyl sites for hydroxylation is 1. The summed E-state index contributed by atoms with van der Waals surface area (Å²) in [6.45, 7) is 2.89. The summed E-state index contributed by atoms with van der Waals surface area (Å²) in [5.74, 6) is 0.874. The number of nitrogens with zero attached hydrogens (tertiary/aromatic N) is 3. The van der Waals surface area contributed by atoms with Gasteiger partial charge in [-0.3, -0.25) is 0 Å². The zero-order chi connectivity index (χ0) is 14.1. The molecule has 0 spiro atoms. The largest absolute Gasteiger partial charge is 0.348 e. The average Bonchev–Trinajstić information content (AvgIpc) is 3.05. The Morgan fingerprint density at radius 2 is 2.30 bits per heavy atom. The van der Waals surface area contributed by atoms with Crippen LogP contribution in [0.5, 0.6) is 0 Å². The molecule has 0 radical (unpaired) electrons. The van der Waals surface area contributed by atoms with Crippen LogP contribution in [-0.2, 0) is 13.0 Å². The monoisotopic (exact) mass is 289 g/mol. The first kappa shape index (κ1) is 13.1. The van der Waals surface area contributed by atoms with Crippen molar-refractivity contribution in [3.8, 4) is 0 Å². The molecule has 0 bridgehead atoms. The van der Waals surface area contributed by atoms with E-state index < -0.39 is 0 Å². The van der Waals surface area contributed by atoms with Crippen molar-refractivity contribution in [1.82, 2.24) is 19.5 Å². The quantitative estimate of drug-likeness (QED) is 0.775. The van der Waals surface area contributed by atoms with E-state index in [9.17, 15) is 0 Å². The van der Waals surface area contributed by atoms with Crippen LogP contribution in [0.1, 0.15) is 24.5 Å². The van der Waals surface area contributed by atoms with E-state index in [2.05, 4.69) is 26.4 Å². The molecule has 3 N–H and O–H groups in total. The highest BCUT2D eigenvalue weighted by molar-refractivity contribution is 6.31. The lowest BCUT2D eigenvalue weighted by Gasteiger charge is -2.12. The lowest BCUT2D eigenvalue weighted by Crippen LogP contribution is -2.19. The minimum absolute atomic E-state index is 0.179. The summed E-state index contributed by atoms with van der Waals surface area (Å²) in [6.07, 6.45) is 4.12. The van der Waals surface area contributed by atoms with Crippen molar-refractivity contribution in [3.05, 3.63) is 47.3 Å². The molecule has 0 aliphatic rings. The van der Waals surface area contributed by atoms with E-state index in [-0.39, 0.29) is 6.04 Å². The molecule has 2 heterocycles. The number of benzene rings is 1. The Hall–Kier alpha value is -1.85. The molecule has 1 aromatic carbocycles. The van der Waals surface area contributed by atoms with Crippen molar-refractivity contribution in [2.24, 2.45) is 5.73 Å². The van der Waals surface area contributed by atoms with Crippen LogP contribution in [0.15, 0.2) is 30.7 Å². The van der Waals surface area contributed by atoms with Crippen LogP contribution >= 0.6 is 11.6 Å². The van der Waals surface area contributed by atoms with Crippen LogP contribution in [0.3, 0.4) is 0 Å². The number of H-pyrrole nitrogens is 1. The van der Waals surface area contributed by atoms with Gasteiger partial charge in [0.15, 0.2) is 0 Å². The van der Waals surface area contributed by atoms with Gasteiger partial charge >= 0.3 is 0 Å². The molecule has 0 amide bonds. The average molecular weight is 290 g/mol. The maximum Gasteiger partial charge on any atom is 0.127 e. The predicted octanol–water partition coefficient (Wildman–Crippen LogP) is 2.68. The molecule has 5 nitrogen and oxygen atoms in total. The van der Waals surface area contributed by atoms with E-state index in [1.54, 1.807) is 12.5 Å². The van der Waals surface area contributed by atoms with Crippen molar-refractivity contribution in [2.45, 2.75) is 25.9 Å². The number of imidazole rings is 2. The van der Waals surface area contributed by atoms with Crippen LogP contribution < -0.4 is 5.73 Å². The molecule has 3 rings (SSSR count). The van der Waals surface area contributed by atoms with Crippen LogP contribution in [0.4, 0.5) is 0 Å². The smallest absolute Gasteiger partial charge is 0.127 e. The van der Waals surface area contributed by atoms with Crippen molar-refractivity contribution >= 4 is 22.6 Å².